The summed E-state index contributed by atoms with van der Waals surface area (Å²) in [4.78, 5) is 33.4. The summed E-state index contributed by atoms with van der Waals surface area (Å²) in [5.74, 6) is -1.01. The van der Waals surface area contributed by atoms with Crippen LogP contribution in [0.2, 0.25) is 0 Å². The topological polar surface area (TPSA) is 84.0 Å². The Kier molecular flexibility index (Phi) is 6.15. The number of nitrogens with one attached hydrogen (secondary N) is 2. The zero-order valence-corrected chi connectivity index (χ0v) is 18.0. The minimum Gasteiger partial charge on any atom is -0.326 e. The number of benzene rings is 2. The van der Waals surface area contributed by atoms with Crippen LogP contribution in [0.25, 0.3) is 11.3 Å². The van der Waals surface area contributed by atoms with Crippen molar-refractivity contribution < 1.29 is 14.0 Å². The number of thiazole rings is 2. The van der Waals surface area contributed by atoms with Crippen LogP contribution < -0.4 is 10.6 Å². The first kappa shape index (κ1) is 20.8. The Morgan fingerprint density at radius 1 is 1.00 bits per heavy atom. The van der Waals surface area contributed by atoms with E-state index in [9.17, 15) is 14.0 Å². The van der Waals surface area contributed by atoms with Gasteiger partial charge in [0.05, 0.1) is 22.8 Å². The second kappa shape index (κ2) is 9.15. The number of aromatic nitrogens is 2. The predicted octanol–water partition coefficient (Wildman–Crippen LogP) is 5.15. The molecule has 2 heterocycles. The van der Waals surface area contributed by atoms with Crippen LogP contribution in [0.3, 0.4) is 0 Å². The van der Waals surface area contributed by atoms with E-state index < -0.39 is 5.82 Å². The molecule has 0 aliphatic heterocycles. The summed E-state index contributed by atoms with van der Waals surface area (Å²) in [6.07, 6.45) is 0.0724. The van der Waals surface area contributed by atoms with Gasteiger partial charge in [-0.2, -0.15) is 0 Å². The second-order valence-corrected chi connectivity index (χ2v) is 8.58. The van der Waals surface area contributed by atoms with Crippen LogP contribution in [0.5, 0.6) is 0 Å². The van der Waals surface area contributed by atoms with E-state index in [1.807, 2.05) is 36.6 Å². The minimum absolute atomic E-state index is 0.0724. The molecule has 4 rings (SSSR count). The molecule has 0 aliphatic carbocycles. The molecule has 9 heteroatoms. The highest BCUT2D eigenvalue weighted by atomic mass is 32.1. The van der Waals surface area contributed by atoms with E-state index in [0.717, 1.165) is 16.3 Å². The van der Waals surface area contributed by atoms with Gasteiger partial charge in [0.2, 0.25) is 5.91 Å². The average Bonchev–Trinajstić information content (AvgIpc) is 3.37. The van der Waals surface area contributed by atoms with Gasteiger partial charge in [0.25, 0.3) is 5.91 Å². The summed E-state index contributed by atoms with van der Waals surface area (Å²) < 4.78 is 13.0. The van der Waals surface area contributed by atoms with Gasteiger partial charge in [-0.3, -0.25) is 14.9 Å². The number of halogens is 1. The summed E-state index contributed by atoms with van der Waals surface area (Å²) in [7, 11) is 0. The standard InChI is InChI=1S/C22H17FN4O2S2/c1-13-24-19(12-30-13)15-3-2-4-17(9-15)25-20(28)10-18-11-31-22(26-18)27-21(29)14-5-7-16(23)8-6-14/h2-9,11-12H,10H2,1H3,(H,25,28)(H,26,27,29). The molecule has 0 bridgehead atoms. The van der Waals surface area contributed by atoms with Crippen LogP contribution in [-0.2, 0) is 11.2 Å². The lowest BCUT2D eigenvalue weighted by molar-refractivity contribution is -0.115. The zero-order valence-electron chi connectivity index (χ0n) is 16.4. The Bertz CT molecular complexity index is 1230. The quantitative estimate of drug-likeness (QED) is 0.424. The minimum atomic E-state index is -0.411. The van der Waals surface area contributed by atoms with E-state index in [4.69, 9.17) is 0 Å². The van der Waals surface area contributed by atoms with Gasteiger partial charge < -0.3 is 5.32 Å². The third-order valence-electron chi connectivity index (χ3n) is 4.28. The first-order chi connectivity index (χ1) is 15.0. The smallest absolute Gasteiger partial charge is 0.257 e. The van der Waals surface area contributed by atoms with E-state index in [0.29, 0.717) is 22.1 Å². The molecule has 2 amide bonds. The maximum atomic E-state index is 13.0. The van der Waals surface area contributed by atoms with Crippen molar-refractivity contribution in [2.75, 3.05) is 10.6 Å². The van der Waals surface area contributed by atoms with Gasteiger partial charge in [0, 0.05) is 27.6 Å². The summed E-state index contributed by atoms with van der Waals surface area (Å²) >= 11 is 2.80. The second-order valence-electron chi connectivity index (χ2n) is 6.66. The van der Waals surface area contributed by atoms with Gasteiger partial charge >= 0.3 is 0 Å². The Balaban J connectivity index is 1.36. The van der Waals surface area contributed by atoms with Gasteiger partial charge in [-0.15, -0.1) is 22.7 Å². The summed E-state index contributed by atoms with van der Waals surface area (Å²) in [6, 6.07) is 12.7. The van der Waals surface area contributed by atoms with Crippen molar-refractivity contribution in [2.24, 2.45) is 0 Å². The van der Waals surface area contributed by atoms with E-state index in [1.165, 1.54) is 35.6 Å². The number of rotatable bonds is 6. The molecule has 0 radical (unpaired) electrons. The van der Waals surface area contributed by atoms with Crippen LogP contribution in [-0.4, -0.2) is 21.8 Å². The highest BCUT2D eigenvalue weighted by Crippen LogP contribution is 2.24. The highest BCUT2D eigenvalue weighted by molar-refractivity contribution is 7.14. The fourth-order valence-electron chi connectivity index (χ4n) is 2.84. The van der Waals surface area contributed by atoms with Gasteiger partial charge in [0.15, 0.2) is 5.13 Å². The molecule has 2 aromatic heterocycles. The molecular weight excluding hydrogens is 435 g/mol. The van der Waals surface area contributed by atoms with Crippen LogP contribution in [0, 0.1) is 12.7 Å². The largest absolute Gasteiger partial charge is 0.326 e. The third kappa shape index (κ3) is 5.39. The molecule has 0 saturated carbocycles. The molecular formula is C22H17FN4O2S2. The molecule has 0 atom stereocenters. The van der Waals surface area contributed by atoms with Crippen LogP contribution in [0.4, 0.5) is 15.2 Å². The lowest BCUT2D eigenvalue weighted by Crippen LogP contribution is -2.15. The first-order valence-electron chi connectivity index (χ1n) is 9.30. The van der Waals surface area contributed by atoms with Crippen molar-refractivity contribution in [3.05, 3.63) is 81.4 Å². The number of carbonyl (C=O) groups is 2. The normalized spacial score (nSPS) is 10.6. The summed E-state index contributed by atoms with van der Waals surface area (Å²) in [5.41, 5.74) is 3.35. The van der Waals surface area contributed by atoms with Crippen molar-refractivity contribution >= 4 is 45.3 Å². The van der Waals surface area contributed by atoms with Gasteiger partial charge in [-0.25, -0.2) is 14.4 Å². The molecule has 0 unspecified atom stereocenters. The number of aryl methyl sites for hydroxylation is 1. The monoisotopic (exact) mass is 452 g/mol. The fraction of sp³-hybridized carbons (Fsp3) is 0.0909. The Labute approximate surface area is 185 Å². The van der Waals surface area contributed by atoms with E-state index in [1.54, 1.807) is 16.7 Å². The molecule has 0 aliphatic rings. The fourth-order valence-corrected chi connectivity index (χ4v) is 4.17. The van der Waals surface area contributed by atoms with E-state index >= 15 is 0 Å². The zero-order chi connectivity index (χ0) is 21.8. The number of anilines is 2. The molecule has 2 aromatic carbocycles. The van der Waals surface area contributed by atoms with Crippen LogP contribution >= 0.6 is 22.7 Å². The highest BCUT2D eigenvalue weighted by Gasteiger charge is 2.12. The van der Waals surface area contributed by atoms with E-state index in [2.05, 4.69) is 20.6 Å². The van der Waals surface area contributed by atoms with Crippen molar-refractivity contribution in [2.45, 2.75) is 13.3 Å². The molecule has 0 fully saturated rings. The lowest BCUT2D eigenvalue weighted by Gasteiger charge is -2.06. The Morgan fingerprint density at radius 2 is 1.81 bits per heavy atom. The number of carbonyl (C=O) groups excluding carboxylic acids is 2. The summed E-state index contributed by atoms with van der Waals surface area (Å²) in [6.45, 7) is 1.95. The molecule has 0 spiro atoms. The maximum absolute atomic E-state index is 13.0. The Morgan fingerprint density at radius 3 is 2.55 bits per heavy atom. The van der Waals surface area contributed by atoms with Gasteiger partial charge in [-0.1, -0.05) is 12.1 Å². The number of hydrogen-bond acceptors (Lipinski definition) is 6. The first-order valence-corrected chi connectivity index (χ1v) is 11.1. The number of nitrogens with zero attached hydrogens (tertiary/aromatic N) is 2. The third-order valence-corrected chi connectivity index (χ3v) is 5.86. The SMILES string of the molecule is Cc1nc(-c2cccc(NC(=O)Cc3csc(NC(=O)c4ccc(F)cc4)n3)c2)cs1. The van der Waals surface area contributed by atoms with E-state index in [-0.39, 0.29) is 18.2 Å². The predicted molar refractivity (Wildman–Crippen MR) is 121 cm³/mol. The maximum Gasteiger partial charge on any atom is 0.257 e. The van der Waals surface area contributed by atoms with Crippen LogP contribution in [0.1, 0.15) is 21.1 Å². The van der Waals surface area contributed by atoms with Crippen LogP contribution in [0.15, 0.2) is 59.3 Å². The molecule has 31 heavy (non-hydrogen) atoms. The number of hydrogen-bond donors (Lipinski definition) is 2. The lowest BCUT2D eigenvalue weighted by atomic mass is 10.1. The van der Waals surface area contributed by atoms with Crippen molar-refractivity contribution in [1.29, 1.82) is 0 Å². The molecule has 156 valence electrons. The molecule has 4 aromatic rings. The molecule has 6 nitrogen and oxygen atoms in total. The number of amides is 2. The van der Waals surface area contributed by atoms with Crippen molar-refractivity contribution in [3.8, 4) is 11.3 Å². The Hall–Kier alpha value is -3.43. The van der Waals surface area contributed by atoms with Crippen molar-refractivity contribution in [1.82, 2.24) is 9.97 Å². The molecule has 0 saturated heterocycles. The van der Waals surface area contributed by atoms with Crippen molar-refractivity contribution in [3.63, 3.8) is 0 Å². The van der Waals surface area contributed by atoms with Gasteiger partial charge in [-0.05, 0) is 43.3 Å². The summed E-state index contributed by atoms with van der Waals surface area (Å²) in [5, 5.41) is 10.6. The average molecular weight is 453 g/mol. The molecule has 2 N–H and O–H groups in total. The van der Waals surface area contributed by atoms with Gasteiger partial charge in [0.1, 0.15) is 5.82 Å².